The number of nitrogens with two attached hydrogens (primary N) is 1. The minimum Gasteiger partial charge on any atom is -0.451 e. The third-order valence-corrected chi connectivity index (χ3v) is 3.33. The van der Waals surface area contributed by atoms with Crippen LogP contribution in [0.4, 0.5) is 16.2 Å². The van der Waals surface area contributed by atoms with Gasteiger partial charge in [0.05, 0.1) is 0 Å². The van der Waals surface area contributed by atoms with Gasteiger partial charge in [-0.25, -0.2) is 4.79 Å². The summed E-state index contributed by atoms with van der Waals surface area (Å²) in [6, 6.07) is 12.6. The van der Waals surface area contributed by atoms with Crippen LogP contribution in [0.15, 0.2) is 52.9 Å². The minimum absolute atomic E-state index is 0.163. The van der Waals surface area contributed by atoms with Gasteiger partial charge in [-0.2, -0.15) is 0 Å². The maximum absolute atomic E-state index is 12.3. The molecule has 1 heterocycles. The first-order chi connectivity index (χ1) is 11.0. The van der Waals surface area contributed by atoms with Crippen LogP contribution in [0.5, 0.6) is 0 Å². The molecule has 0 aliphatic rings. The summed E-state index contributed by atoms with van der Waals surface area (Å²) < 4.78 is 5.49. The molecular formula is C16H12ClN3O3. The molecule has 0 saturated carbocycles. The van der Waals surface area contributed by atoms with Gasteiger partial charge in [-0.05, 0) is 42.5 Å². The zero-order valence-electron chi connectivity index (χ0n) is 11.8. The highest BCUT2D eigenvalue weighted by Crippen LogP contribution is 2.24. The Hall–Kier alpha value is -2.99. The van der Waals surface area contributed by atoms with Crippen molar-refractivity contribution in [2.75, 3.05) is 10.6 Å². The molecule has 7 heteroatoms. The second-order valence-corrected chi connectivity index (χ2v) is 5.25. The maximum Gasteiger partial charge on any atom is 0.316 e. The molecule has 0 atom stereocenters. The molecular weight excluding hydrogens is 318 g/mol. The molecule has 0 aliphatic carbocycles. The number of anilines is 2. The van der Waals surface area contributed by atoms with Crippen LogP contribution in [0.2, 0.25) is 5.02 Å². The van der Waals surface area contributed by atoms with Crippen molar-refractivity contribution in [3.05, 3.63) is 59.3 Å². The number of furan rings is 1. The lowest BCUT2D eigenvalue weighted by molar-refractivity contribution is 0.0998. The molecule has 3 amide bonds. The predicted molar refractivity (Wildman–Crippen MR) is 88.8 cm³/mol. The average Bonchev–Trinajstić information content (AvgIpc) is 2.90. The van der Waals surface area contributed by atoms with Crippen LogP contribution in [0.25, 0.3) is 11.0 Å². The van der Waals surface area contributed by atoms with Crippen LogP contribution in [0.1, 0.15) is 10.6 Å². The number of carbonyl (C=O) groups is 2. The number of halogens is 1. The molecule has 0 fully saturated rings. The third-order valence-electron chi connectivity index (χ3n) is 3.09. The van der Waals surface area contributed by atoms with Gasteiger partial charge in [0.1, 0.15) is 5.58 Å². The minimum atomic E-state index is -0.678. The topological polar surface area (TPSA) is 97.4 Å². The quantitative estimate of drug-likeness (QED) is 0.681. The lowest BCUT2D eigenvalue weighted by Gasteiger charge is -2.06. The van der Waals surface area contributed by atoms with Crippen molar-refractivity contribution < 1.29 is 14.0 Å². The number of benzene rings is 2. The lowest BCUT2D eigenvalue weighted by atomic mass is 10.2. The fraction of sp³-hybridized carbons (Fsp3) is 0. The van der Waals surface area contributed by atoms with Crippen LogP contribution in [-0.4, -0.2) is 11.9 Å². The number of fused-ring (bicyclic) bond motifs is 1. The van der Waals surface area contributed by atoms with E-state index in [4.69, 9.17) is 21.8 Å². The summed E-state index contributed by atoms with van der Waals surface area (Å²) in [4.78, 5) is 23.1. The zero-order valence-corrected chi connectivity index (χ0v) is 12.6. The number of carbonyl (C=O) groups excluding carboxylic acids is 2. The highest BCUT2D eigenvalue weighted by molar-refractivity contribution is 6.31. The molecule has 0 unspecified atom stereocenters. The standard InChI is InChI=1S/C16H12ClN3O3/c17-10-4-5-13-9(6-10)7-14(23-13)15(21)19-11-2-1-3-12(8-11)20-16(18)22/h1-8H,(H,19,21)(H3,18,20,22). The van der Waals surface area contributed by atoms with Crippen LogP contribution in [0.3, 0.4) is 0 Å². The fourth-order valence-electron chi connectivity index (χ4n) is 2.14. The van der Waals surface area contributed by atoms with E-state index >= 15 is 0 Å². The molecule has 116 valence electrons. The summed E-state index contributed by atoms with van der Waals surface area (Å²) in [7, 11) is 0. The Morgan fingerprint density at radius 3 is 2.48 bits per heavy atom. The second kappa shape index (κ2) is 6.02. The van der Waals surface area contributed by atoms with Gasteiger partial charge in [-0.15, -0.1) is 0 Å². The third kappa shape index (κ3) is 3.44. The Morgan fingerprint density at radius 1 is 1.00 bits per heavy atom. The smallest absolute Gasteiger partial charge is 0.316 e. The van der Waals surface area contributed by atoms with E-state index in [-0.39, 0.29) is 5.76 Å². The van der Waals surface area contributed by atoms with E-state index in [1.165, 1.54) is 0 Å². The summed E-state index contributed by atoms with van der Waals surface area (Å²) in [6.45, 7) is 0. The normalized spacial score (nSPS) is 10.5. The van der Waals surface area contributed by atoms with Crippen molar-refractivity contribution >= 4 is 45.9 Å². The predicted octanol–water partition coefficient (Wildman–Crippen LogP) is 3.83. The Morgan fingerprint density at radius 2 is 1.74 bits per heavy atom. The molecule has 2 aromatic carbocycles. The van der Waals surface area contributed by atoms with E-state index in [2.05, 4.69) is 10.6 Å². The molecule has 0 radical (unpaired) electrons. The molecule has 0 aliphatic heterocycles. The highest BCUT2D eigenvalue weighted by Gasteiger charge is 2.13. The Bertz CT molecular complexity index is 904. The first kappa shape index (κ1) is 14.9. The lowest BCUT2D eigenvalue weighted by Crippen LogP contribution is -2.19. The summed E-state index contributed by atoms with van der Waals surface area (Å²) in [6.07, 6.45) is 0. The molecule has 0 bridgehead atoms. The van der Waals surface area contributed by atoms with E-state index in [9.17, 15) is 9.59 Å². The van der Waals surface area contributed by atoms with Crippen LogP contribution < -0.4 is 16.4 Å². The Balaban J connectivity index is 1.81. The summed E-state index contributed by atoms with van der Waals surface area (Å²) >= 11 is 5.91. The number of rotatable bonds is 3. The number of primary amides is 1. The molecule has 1 aromatic heterocycles. The monoisotopic (exact) mass is 329 g/mol. The molecule has 4 N–H and O–H groups in total. The largest absolute Gasteiger partial charge is 0.451 e. The van der Waals surface area contributed by atoms with Gasteiger partial charge in [0, 0.05) is 21.8 Å². The van der Waals surface area contributed by atoms with Crippen LogP contribution >= 0.6 is 11.6 Å². The SMILES string of the molecule is NC(=O)Nc1cccc(NC(=O)c2cc3cc(Cl)ccc3o2)c1. The van der Waals surface area contributed by atoms with E-state index in [0.29, 0.717) is 22.0 Å². The van der Waals surface area contributed by atoms with Gasteiger partial charge in [0.25, 0.3) is 5.91 Å². The van der Waals surface area contributed by atoms with Crippen molar-refractivity contribution in [3.63, 3.8) is 0 Å². The molecule has 0 saturated heterocycles. The van der Waals surface area contributed by atoms with E-state index in [0.717, 1.165) is 5.39 Å². The Labute approximate surface area is 136 Å². The van der Waals surface area contributed by atoms with E-state index in [1.807, 2.05) is 0 Å². The molecule has 3 rings (SSSR count). The van der Waals surface area contributed by atoms with Gasteiger partial charge >= 0.3 is 6.03 Å². The molecule has 6 nitrogen and oxygen atoms in total. The number of nitrogens with one attached hydrogen (secondary N) is 2. The van der Waals surface area contributed by atoms with Crippen molar-refractivity contribution in [2.24, 2.45) is 5.73 Å². The first-order valence-corrected chi connectivity index (χ1v) is 7.06. The molecule has 23 heavy (non-hydrogen) atoms. The molecule has 0 spiro atoms. The van der Waals surface area contributed by atoms with Gasteiger partial charge in [0.15, 0.2) is 5.76 Å². The number of urea groups is 1. The van der Waals surface area contributed by atoms with Gasteiger partial charge in [0.2, 0.25) is 0 Å². The summed E-state index contributed by atoms with van der Waals surface area (Å²) in [5.41, 5.74) is 6.61. The van der Waals surface area contributed by atoms with Crippen molar-refractivity contribution in [3.8, 4) is 0 Å². The van der Waals surface area contributed by atoms with Crippen LogP contribution in [-0.2, 0) is 0 Å². The van der Waals surface area contributed by atoms with E-state index < -0.39 is 11.9 Å². The highest BCUT2D eigenvalue weighted by atomic mass is 35.5. The number of hydrogen-bond donors (Lipinski definition) is 3. The van der Waals surface area contributed by atoms with Crippen molar-refractivity contribution in [1.29, 1.82) is 0 Å². The average molecular weight is 330 g/mol. The summed E-state index contributed by atoms with van der Waals surface area (Å²) in [5.74, 6) is -0.246. The van der Waals surface area contributed by atoms with Gasteiger partial charge in [-0.3, -0.25) is 4.79 Å². The molecule has 3 aromatic rings. The van der Waals surface area contributed by atoms with Gasteiger partial charge < -0.3 is 20.8 Å². The summed E-state index contributed by atoms with van der Waals surface area (Å²) in [5, 5.41) is 6.43. The maximum atomic E-state index is 12.3. The number of hydrogen-bond acceptors (Lipinski definition) is 3. The number of amides is 3. The van der Waals surface area contributed by atoms with Gasteiger partial charge in [-0.1, -0.05) is 17.7 Å². The van der Waals surface area contributed by atoms with Crippen LogP contribution in [0, 0.1) is 0 Å². The first-order valence-electron chi connectivity index (χ1n) is 6.68. The fourth-order valence-corrected chi connectivity index (χ4v) is 2.32. The Kier molecular flexibility index (Phi) is 3.91. The van der Waals surface area contributed by atoms with E-state index in [1.54, 1.807) is 48.5 Å². The van der Waals surface area contributed by atoms with Crippen molar-refractivity contribution in [2.45, 2.75) is 0 Å². The van der Waals surface area contributed by atoms with Crippen molar-refractivity contribution in [1.82, 2.24) is 0 Å². The zero-order chi connectivity index (χ0) is 16.4. The second-order valence-electron chi connectivity index (χ2n) is 4.82.